The number of aromatic nitrogens is 1. The minimum Gasteiger partial charge on any atom is -0.497 e. The molecule has 1 aromatic heterocycles. The zero-order chi connectivity index (χ0) is 20.8. The summed E-state index contributed by atoms with van der Waals surface area (Å²) < 4.78 is 5.33. The van der Waals surface area contributed by atoms with E-state index < -0.39 is 0 Å². The first-order valence-corrected chi connectivity index (χ1v) is 10.3. The van der Waals surface area contributed by atoms with E-state index in [4.69, 9.17) is 10.5 Å². The summed E-state index contributed by atoms with van der Waals surface area (Å²) in [5.41, 5.74) is 8.96. The molecule has 0 bridgehead atoms. The zero-order valence-corrected chi connectivity index (χ0v) is 17.7. The van der Waals surface area contributed by atoms with E-state index in [0.717, 1.165) is 38.2 Å². The van der Waals surface area contributed by atoms with E-state index in [2.05, 4.69) is 46.8 Å². The third-order valence-electron chi connectivity index (χ3n) is 5.75. The van der Waals surface area contributed by atoms with Gasteiger partial charge in [-0.05, 0) is 62.1 Å². The Kier molecular flexibility index (Phi) is 7.09. The normalized spacial score (nSPS) is 16.4. The summed E-state index contributed by atoms with van der Waals surface area (Å²) in [6.07, 6.45) is 6.36. The van der Waals surface area contributed by atoms with E-state index in [1.807, 2.05) is 24.5 Å². The van der Waals surface area contributed by atoms with Crippen molar-refractivity contribution in [1.82, 2.24) is 9.88 Å². The first-order chi connectivity index (χ1) is 14.0. The van der Waals surface area contributed by atoms with Gasteiger partial charge in [0.2, 0.25) is 5.91 Å². The number of piperidine rings is 1. The van der Waals surface area contributed by atoms with Crippen LogP contribution in [0.4, 0.5) is 5.69 Å². The molecule has 1 aromatic carbocycles. The highest BCUT2D eigenvalue weighted by Gasteiger charge is 2.27. The van der Waals surface area contributed by atoms with Crippen molar-refractivity contribution in [3.8, 4) is 5.75 Å². The number of amides is 1. The number of hydrogen-bond donors (Lipinski definition) is 1. The quantitative estimate of drug-likeness (QED) is 0.742. The molecule has 1 aliphatic rings. The summed E-state index contributed by atoms with van der Waals surface area (Å²) in [5, 5.41) is 0. The number of primary amides is 1. The molecule has 0 aliphatic carbocycles. The summed E-state index contributed by atoms with van der Waals surface area (Å²) in [6, 6.07) is 11.1. The van der Waals surface area contributed by atoms with Gasteiger partial charge in [0.25, 0.3) is 0 Å². The van der Waals surface area contributed by atoms with Crippen LogP contribution in [0.5, 0.6) is 5.75 Å². The third kappa shape index (κ3) is 5.70. The molecule has 0 saturated carbocycles. The lowest BCUT2D eigenvalue weighted by atomic mass is 9.99. The maximum absolute atomic E-state index is 11.3. The number of hydrogen-bond acceptors (Lipinski definition) is 5. The van der Waals surface area contributed by atoms with Crippen molar-refractivity contribution in [2.75, 3.05) is 25.1 Å². The second-order valence-corrected chi connectivity index (χ2v) is 7.98. The van der Waals surface area contributed by atoms with Gasteiger partial charge in [-0.15, -0.1) is 0 Å². The van der Waals surface area contributed by atoms with E-state index in [1.54, 1.807) is 7.11 Å². The zero-order valence-electron chi connectivity index (χ0n) is 17.7. The van der Waals surface area contributed by atoms with Crippen LogP contribution < -0.4 is 15.4 Å². The highest BCUT2D eigenvalue weighted by atomic mass is 16.5. The molecule has 0 radical (unpaired) electrons. The van der Waals surface area contributed by atoms with Gasteiger partial charge in [0.05, 0.1) is 7.11 Å². The van der Waals surface area contributed by atoms with E-state index in [9.17, 15) is 4.79 Å². The number of ether oxygens (including phenoxy) is 1. The van der Waals surface area contributed by atoms with Crippen molar-refractivity contribution in [3.63, 3.8) is 0 Å². The highest BCUT2D eigenvalue weighted by molar-refractivity contribution is 5.74. The molecule has 156 valence electrons. The Labute approximate surface area is 173 Å². The molecule has 2 heterocycles. The van der Waals surface area contributed by atoms with Gasteiger partial charge in [-0.1, -0.05) is 6.07 Å². The van der Waals surface area contributed by atoms with Gasteiger partial charge in [0.1, 0.15) is 5.75 Å². The molecular formula is C23H32N4O2. The first kappa shape index (κ1) is 21.1. The molecule has 0 spiro atoms. The van der Waals surface area contributed by atoms with Crippen molar-refractivity contribution in [2.45, 2.75) is 51.7 Å². The Morgan fingerprint density at radius 1 is 1.28 bits per heavy atom. The number of anilines is 1. The number of aryl methyl sites for hydroxylation is 1. The molecule has 2 aromatic rings. The molecular weight excluding hydrogens is 364 g/mol. The average molecular weight is 397 g/mol. The maximum Gasteiger partial charge on any atom is 0.218 e. The third-order valence-corrected chi connectivity index (χ3v) is 5.75. The lowest BCUT2D eigenvalue weighted by Crippen LogP contribution is -2.48. The van der Waals surface area contributed by atoms with Crippen LogP contribution in [0.15, 0.2) is 42.7 Å². The topological polar surface area (TPSA) is 71.7 Å². The van der Waals surface area contributed by atoms with Crippen LogP contribution in [-0.4, -0.2) is 48.1 Å². The predicted molar refractivity (Wildman–Crippen MR) is 116 cm³/mol. The highest BCUT2D eigenvalue weighted by Crippen LogP contribution is 2.28. The second-order valence-electron chi connectivity index (χ2n) is 7.98. The first-order valence-electron chi connectivity index (χ1n) is 10.3. The molecule has 1 saturated heterocycles. The van der Waals surface area contributed by atoms with E-state index in [-0.39, 0.29) is 11.9 Å². The van der Waals surface area contributed by atoms with Gasteiger partial charge >= 0.3 is 0 Å². The Balaban J connectivity index is 1.75. The van der Waals surface area contributed by atoms with E-state index >= 15 is 0 Å². The minimum absolute atomic E-state index is 0.198. The molecule has 1 unspecified atom stereocenters. The standard InChI is InChI=1S/C23H32N4O2/c1-17-12-19(15-25-14-17)16-27(20-4-6-22(29-3)7-5-20)21-8-10-26(11-9-21)18(2)13-23(24)28/h4-7,12,14-15,18,21H,8-11,13,16H2,1-3H3,(H2,24,28). The molecule has 1 fully saturated rings. The molecule has 1 amide bonds. The van der Waals surface area contributed by atoms with Crippen LogP contribution in [-0.2, 0) is 11.3 Å². The van der Waals surface area contributed by atoms with Crippen molar-refractivity contribution < 1.29 is 9.53 Å². The molecule has 6 nitrogen and oxygen atoms in total. The largest absolute Gasteiger partial charge is 0.497 e. The lowest BCUT2D eigenvalue weighted by Gasteiger charge is -2.41. The van der Waals surface area contributed by atoms with Crippen LogP contribution >= 0.6 is 0 Å². The summed E-state index contributed by atoms with van der Waals surface area (Å²) in [7, 11) is 1.69. The van der Waals surface area contributed by atoms with Crippen molar-refractivity contribution in [3.05, 3.63) is 53.9 Å². The Morgan fingerprint density at radius 2 is 1.97 bits per heavy atom. The Bertz CT molecular complexity index is 801. The molecule has 1 atom stereocenters. The number of methoxy groups -OCH3 is 1. The second kappa shape index (κ2) is 9.74. The van der Waals surface area contributed by atoms with Crippen LogP contribution in [0.1, 0.15) is 37.3 Å². The van der Waals surface area contributed by atoms with Crippen LogP contribution in [0.3, 0.4) is 0 Å². The number of benzene rings is 1. The fraction of sp³-hybridized carbons (Fsp3) is 0.478. The van der Waals surface area contributed by atoms with Gasteiger partial charge in [-0.2, -0.15) is 0 Å². The summed E-state index contributed by atoms with van der Waals surface area (Å²) in [4.78, 5) is 20.5. The number of rotatable bonds is 8. The van der Waals surface area contributed by atoms with Gasteiger partial charge in [-0.25, -0.2) is 0 Å². The molecule has 2 N–H and O–H groups in total. The summed E-state index contributed by atoms with van der Waals surface area (Å²) in [5.74, 6) is 0.632. The van der Waals surface area contributed by atoms with E-state index in [0.29, 0.717) is 12.5 Å². The van der Waals surface area contributed by atoms with Crippen LogP contribution in [0, 0.1) is 6.92 Å². The number of carbonyl (C=O) groups is 1. The lowest BCUT2D eigenvalue weighted by molar-refractivity contribution is -0.119. The van der Waals surface area contributed by atoms with Crippen LogP contribution in [0.25, 0.3) is 0 Å². The van der Waals surface area contributed by atoms with Gasteiger partial charge in [-0.3, -0.25) is 14.7 Å². The SMILES string of the molecule is COc1ccc(N(Cc2cncc(C)c2)C2CCN(C(C)CC(N)=O)CC2)cc1. The number of likely N-dealkylation sites (tertiary alicyclic amines) is 1. The Morgan fingerprint density at radius 3 is 2.55 bits per heavy atom. The monoisotopic (exact) mass is 396 g/mol. The van der Waals surface area contributed by atoms with Gasteiger partial charge in [0.15, 0.2) is 0 Å². The number of nitrogens with two attached hydrogens (primary N) is 1. The van der Waals surface area contributed by atoms with Crippen molar-refractivity contribution >= 4 is 11.6 Å². The molecule has 6 heteroatoms. The van der Waals surface area contributed by atoms with Gasteiger partial charge in [0, 0.05) is 56.2 Å². The predicted octanol–water partition coefficient (Wildman–Crippen LogP) is 3.13. The van der Waals surface area contributed by atoms with Crippen molar-refractivity contribution in [1.29, 1.82) is 0 Å². The smallest absolute Gasteiger partial charge is 0.218 e. The molecule has 1 aliphatic heterocycles. The fourth-order valence-electron chi connectivity index (χ4n) is 4.16. The maximum atomic E-state index is 11.3. The molecule has 3 rings (SSSR count). The number of carbonyl (C=O) groups excluding carboxylic acids is 1. The average Bonchev–Trinajstić information content (AvgIpc) is 2.72. The summed E-state index contributed by atoms with van der Waals surface area (Å²) in [6.45, 7) is 6.93. The fourth-order valence-corrected chi connectivity index (χ4v) is 4.16. The van der Waals surface area contributed by atoms with Gasteiger partial charge < -0.3 is 15.4 Å². The number of nitrogens with zero attached hydrogens (tertiary/aromatic N) is 3. The van der Waals surface area contributed by atoms with Crippen LogP contribution in [0.2, 0.25) is 0 Å². The number of pyridine rings is 1. The van der Waals surface area contributed by atoms with E-state index in [1.165, 1.54) is 16.8 Å². The minimum atomic E-state index is -0.230. The summed E-state index contributed by atoms with van der Waals surface area (Å²) >= 11 is 0. The molecule has 29 heavy (non-hydrogen) atoms. The van der Waals surface area contributed by atoms with Crippen molar-refractivity contribution in [2.24, 2.45) is 5.73 Å². The Hall–Kier alpha value is -2.60.